The van der Waals surface area contributed by atoms with Gasteiger partial charge in [-0.2, -0.15) is 0 Å². The molecule has 0 radical (unpaired) electrons. The molecule has 0 fully saturated rings. The van der Waals surface area contributed by atoms with Crippen LogP contribution in [0.15, 0.2) is 0 Å². The monoisotopic (exact) mass is 1630 g/mol. The summed E-state index contributed by atoms with van der Waals surface area (Å²) in [5, 5.41) is 0. The van der Waals surface area contributed by atoms with Crippen molar-refractivity contribution in [1.29, 1.82) is 0 Å². The Morgan fingerprint density at radius 2 is 0.696 bits per heavy atom. The van der Waals surface area contributed by atoms with E-state index in [4.69, 9.17) is 0 Å². The predicted octanol–water partition coefficient (Wildman–Crippen LogP) is -0.737. The van der Waals surface area contributed by atoms with Crippen LogP contribution < -0.4 is 3.63 Å². The maximum atomic E-state index is 2.38. The van der Waals surface area contributed by atoms with E-state index >= 15 is 0 Å². The zero-order chi connectivity index (χ0) is 17.0. The van der Waals surface area contributed by atoms with Gasteiger partial charge in [0.05, 0.1) is 0 Å². The summed E-state index contributed by atoms with van der Waals surface area (Å²) >= 11 is 9.58. The molecule has 0 amide bonds. The van der Waals surface area contributed by atoms with Crippen molar-refractivity contribution in [3.05, 3.63) is 9.75 Å². The molecule has 3 aromatic heterocycles. The summed E-state index contributed by atoms with van der Waals surface area (Å²) in [6, 6.07) is 0. The molecule has 0 aliphatic heterocycles. The summed E-state index contributed by atoms with van der Waals surface area (Å²) in [6.07, 6.45) is 0. The molecule has 0 unspecified atom stereocenters. The number of aryl methyl sites for hydroxylation is 2. The van der Waals surface area contributed by atoms with Crippen molar-refractivity contribution >= 4 is 37.6 Å². The summed E-state index contributed by atoms with van der Waals surface area (Å²) in [7, 11) is 0. The van der Waals surface area contributed by atoms with Crippen LogP contribution >= 0.6 is 34.0 Å². The van der Waals surface area contributed by atoms with E-state index in [-0.39, 0.29) is 0 Å². The van der Waals surface area contributed by atoms with Crippen LogP contribution in [0.2, 0.25) is 0 Å². The predicted molar refractivity (Wildman–Crippen MR) is 86.6 cm³/mol. The molecule has 0 aromatic carbocycles. The van der Waals surface area contributed by atoms with Gasteiger partial charge in [-0.3, -0.25) is 0 Å². The second-order valence-corrected chi connectivity index (χ2v) is 34.6. The quantitative estimate of drug-likeness (QED) is 0.318. The molecule has 0 aliphatic rings. The Kier molecular flexibility index (Phi) is 12.6. The first-order valence-corrected chi connectivity index (χ1v) is 35.1. The number of hydrogen-bond acceptors (Lipinski definition) is 3. The van der Waals surface area contributed by atoms with Gasteiger partial charge in [0.15, 0.2) is 0 Å². The fourth-order valence-corrected chi connectivity index (χ4v) is 33.4. The van der Waals surface area contributed by atoms with Crippen molar-refractivity contribution in [3.63, 3.8) is 0 Å². The van der Waals surface area contributed by atoms with E-state index < -0.39 is 0 Å². The van der Waals surface area contributed by atoms with Crippen molar-refractivity contribution in [2.75, 3.05) is 0 Å². The molecule has 3 heterocycles. The van der Waals surface area contributed by atoms with Crippen LogP contribution in [0.1, 0.15) is 9.75 Å². The average molecular weight is 1630 g/mol. The van der Waals surface area contributed by atoms with Crippen LogP contribution in [0.5, 0.6) is 0 Å². The Hall–Kier alpha value is 7.91. The van der Waals surface area contributed by atoms with Crippen molar-refractivity contribution in [1.82, 2.24) is 0 Å². The van der Waals surface area contributed by atoms with Gasteiger partial charge in [-0.25, -0.2) is 0 Å². The van der Waals surface area contributed by atoms with Gasteiger partial charge >= 0.3 is 338 Å². The second-order valence-electron chi connectivity index (χ2n) is 6.49. The maximum absolute atomic E-state index is 2.38. The van der Waals surface area contributed by atoms with E-state index in [1.165, 1.54) is 0 Å². The molecule has 0 nitrogen and oxygen atoms in total. The summed E-state index contributed by atoms with van der Waals surface area (Å²) < 4.78 is 11.2. The minimum atomic E-state index is 0.482. The number of hydrogen-bond donors (Lipinski definition) is 0. The zero-order valence-corrected chi connectivity index (χ0v) is 67.0. The molecular formula is C14H12Ra6S3. The molecule has 0 saturated heterocycles. The van der Waals surface area contributed by atoms with Gasteiger partial charge in [-0.15, -0.1) is 0 Å². The van der Waals surface area contributed by atoms with Crippen molar-refractivity contribution in [2.24, 2.45) is 0 Å². The first kappa shape index (κ1) is 25.5. The van der Waals surface area contributed by atoms with Gasteiger partial charge in [0, 0.05) is 0 Å². The Morgan fingerprint density at radius 3 is 0.957 bits per heavy atom. The number of rotatable bonds is 2. The van der Waals surface area contributed by atoms with Gasteiger partial charge < -0.3 is 0 Å². The minimum absolute atomic E-state index is 0.482. The van der Waals surface area contributed by atoms with Gasteiger partial charge in [0.2, 0.25) is 0 Å². The van der Waals surface area contributed by atoms with Gasteiger partial charge in [-0.1, -0.05) is 0 Å². The van der Waals surface area contributed by atoms with Gasteiger partial charge in [-0.05, 0) is 0 Å². The average Bonchev–Trinajstić information content (AvgIpc) is 3.04. The fraction of sp³-hybridized carbons (Fsp3) is 0.143. The summed E-state index contributed by atoms with van der Waals surface area (Å²) in [6.45, 7) is 4.77. The zero-order valence-electron chi connectivity index (χ0n) is 15.2. The standard InChI is InChI=1S/C14H6S3.6Ra.6H/c1-9-3-5-11(15-9)13-7-8-14(17-13)12-6-4-10(2)16-12;;;;;;;;;;;;/h1-2H3;;;;;;;;;;;;. The van der Waals surface area contributed by atoms with Crippen LogP contribution in [-0.2, 0) is 0 Å². The fourth-order valence-electron chi connectivity index (χ4n) is 2.94. The van der Waals surface area contributed by atoms with E-state index in [2.05, 4.69) is 47.9 Å². The molecule has 0 saturated carbocycles. The Balaban J connectivity index is 2.23. The van der Waals surface area contributed by atoms with E-state index in [0.717, 1.165) is 0 Å². The topological polar surface area (TPSA) is 0 Å². The van der Waals surface area contributed by atoms with E-state index in [9.17, 15) is 0 Å². The summed E-state index contributed by atoms with van der Waals surface area (Å²) in [5.74, 6) is 0. The Bertz CT molecular complexity index is 845. The number of thiophene rings is 3. The van der Waals surface area contributed by atoms with Crippen LogP contribution in [0.3, 0.4) is 0 Å². The first-order chi connectivity index (χ1) is 10.7. The first-order valence-electron chi connectivity index (χ1n) is 7.97. The van der Waals surface area contributed by atoms with Crippen molar-refractivity contribution < 1.29 is 257 Å². The van der Waals surface area contributed by atoms with E-state index in [1.807, 2.05) is 3.63 Å². The molecule has 23 heavy (non-hydrogen) atoms. The second kappa shape index (κ2) is 11.4. The Morgan fingerprint density at radius 1 is 0.435 bits per heavy atom. The van der Waals surface area contributed by atoms with Crippen molar-refractivity contribution in [2.45, 2.75) is 13.8 Å². The molecule has 9 heteroatoms. The molecule has 0 bridgehead atoms. The molecule has 0 atom stereocenters. The molecule has 3 rings (SSSR count). The molecule has 0 spiro atoms. The third kappa shape index (κ3) is 5.70. The normalized spacial score (nSPS) is 11.0. The summed E-state index contributed by atoms with van der Waals surface area (Å²) in [4.78, 5) is 10.4. The Labute approximate surface area is 325 Å². The molecule has 98 valence electrons. The van der Waals surface area contributed by atoms with Crippen LogP contribution in [0.4, 0.5) is 0 Å². The van der Waals surface area contributed by atoms with Crippen LogP contribution in [-0.4, -0.2) is 0 Å². The molecule has 0 N–H and O–H groups in total. The van der Waals surface area contributed by atoms with Crippen molar-refractivity contribution in [3.8, 4) is 19.5 Å². The third-order valence-corrected chi connectivity index (χ3v) is 102. The van der Waals surface area contributed by atoms with E-state index in [0.29, 0.717) is 257 Å². The van der Waals surface area contributed by atoms with Crippen LogP contribution in [0, 0.1) is 271 Å². The molecular weight excluding hydrogens is 1620 g/mol. The van der Waals surface area contributed by atoms with Crippen LogP contribution in [0.25, 0.3) is 19.5 Å². The third-order valence-electron chi connectivity index (χ3n) is 5.23. The van der Waals surface area contributed by atoms with Gasteiger partial charge in [0.25, 0.3) is 0 Å². The summed E-state index contributed by atoms with van der Waals surface area (Å²) in [5.41, 5.74) is 0. The molecule has 0 aliphatic carbocycles. The van der Waals surface area contributed by atoms with Gasteiger partial charge in [0.1, 0.15) is 0 Å². The SMILES string of the molecule is Cc1sc(-c2sc(-c3sc(C)[c]([RaH])[c]3[RaH])[c]([RaH])[c]2[RaH])[c]([RaH])[c]1[RaH]. The molecule has 3 aromatic rings. The van der Waals surface area contributed by atoms with E-state index in [1.54, 1.807) is 29.3 Å².